The highest BCUT2D eigenvalue weighted by atomic mass is 35.5. The largest absolute Gasteiger partial charge is 0.385 e. The van der Waals surface area contributed by atoms with Crippen LogP contribution in [0.3, 0.4) is 0 Å². The SMILES string of the molecule is COCCCn1nnnc1C(NCCCOC1CCCc2ccccc21)c1cc(Cl)ccn1. The van der Waals surface area contributed by atoms with Crippen LogP contribution in [0.2, 0.25) is 5.02 Å². The van der Waals surface area contributed by atoms with Crippen molar-refractivity contribution in [2.24, 2.45) is 0 Å². The van der Waals surface area contributed by atoms with E-state index >= 15 is 0 Å². The molecule has 1 aliphatic rings. The standard InChI is InChI=1S/C24H31ClN6O2/c1-32-15-6-14-31-24(28-29-30-31)23(21-17-19(25)11-13-26-21)27-12-5-16-33-22-10-4-8-18-7-2-3-9-20(18)22/h2-3,7,9,11,13,17,22-23,27H,4-6,8,10,12,14-16H2,1H3. The second-order valence-corrected chi connectivity index (χ2v) is 8.63. The number of nitrogens with one attached hydrogen (secondary N) is 1. The summed E-state index contributed by atoms with van der Waals surface area (Å²) < 4.78 is 13.2. The van der Waals surface area contributed by atoms with Crippen molar-refractivity contribution in [2.75, 3.05) is 26.9 Å². The molecule has 3 aromatic rings. The lowest BCUT2D eigenvalue weighted by molar-refractivity contribution is 0.0391. The van der Waals surface area contributed by atoms with Gasteiger partial charge in [0.15, 0.2) is 5.82 Å². The molecule has 8 nitrogen and oxygen atoms in total. The molecule has 0 fully saturated rings. The zero-order valence-corrected chi connectivity index (χ0v) is 19.7. The van der Waals surface area contributed by atoms with Gasteiger partial charge in [0.1, 0.15) is 6.04 Å². The van der Waals surface area contributed by atoms with E-state index in [-0.39, 0.29) is 12.1 Å². The van der Waals surface area contributed by atoms with Crippen molar-refractivity contribution in [3.63, 3.8) is 0 Å². The summed E-state index contributed by atoms with van der Waals surface area (Å²) in [6.07, 6.45) is 6.97. The summed E-state index contributed by atoms with van der Waals surface area (Å²) in [5, 5.41) is 16.5. The highest BCUT2D eigenvalue weighted by molar-refractivity contribution is 6.30. The number of aromatic nitrogens is 5. The van der Waals surface area contributed by atoms with Gasteiger partial charge < -0.3 is 14.8 Å². The fourth-order valence-corrected chi connectivity index (χ4v) is 4.44. The Bertz CT molecular complexity index is 1010. The lowest BCUT2D eigenvalue weighted by Gasteiger charge is -2.26. The van der Waals surface area contributed by atoms with Crippen LogP contribution in [-0.2, 0) is 22.4 Å². The molecule has 0 radical (unpaired) electrons. The number of halogens is 1. The molecule has 2 atom stereocenters. The smallest absolute Gasteiger partial charge is 0.174 e. The van der Waals surface area contributed by atoms with Crippen molar-refractivity contribution in [3.05, 3.63) is 70.3 Å². The number of hydrogen-bond acceptors (Lipinski definition) is 7. The van der Waals surface area contributed by atoms with Crippen LogP contribution in [0, 0.1) is 0 Å². The molecule has 1 aromatic carbocycles. The van der Waals surface area contributed by atoms with Gasteiger partial charge in [-0.2, -0.15) is 0 Å². The molecule has 0 bridgehead atoms. The van der Waals surface area contributed by atoms with Crippen molar-refractivity contribution < 1.29 is 9.47 Å². The van der Waals surface area contributed by atoms with Crippen LogP contribution < -0.4 is 5.32 Å². The highest BCUT2D eigenvalue weighted by Crippen LogP contribution is 2.32. The van der Waals surface area contributed by atoms with Crippen molar-refractivity contribution in [1.82, 2.24) is 30.5 Å². The molecule has 1 N–H and O–H groups in total. The molecule has 0 amide bonds. The Morgan fingerprint density at radius 1 is 1.21 bits per heavy atom. The second kappa shape index (κ2) is 12.2. The van der Waals surface area contributed by atoms with E-state index in [2.05, 4.69) is 50.1 Å². The van der Waals surface area contributed by atoms with Crippen LogP contribution in [0.25, 0.3) is 0 Å². The van der Waals surface area contributed by atoms with Gasteiger partial charge in [-0.25, -0.2) is 4.68 Å². The molecule has 0 saturated carbocycles. The average Bonchev–Trinajstić information content (AvgIpc) is 3.30. The molecule has 9 heteroatoms. The minimum absolute atomic E-state index is 0.188. The third-order valence-electron chi connectivity index (χ3n) is 5.88. The zero-order chi connectivity index (χ0) is 22.9. The second-order valence-electron chi connectivity index (χ2n) is 8.20. The summed E-state index contributed by atoms with van der Waals surface area (Å²) in [5.74, 6) is 0.711. The van der Waals surface area contributed by atoms with Gasteiger partial charge in [-0.3, -0.25) is 4.98 Å². The predicted octanol–water partition coefficient (Wildman–Crippen LogP) is 3.92. The first-order chi connectivity index (χ1) is 16.3. The molecule has 176 valence electrons. The number of methoxy groups -OCH3 is 1. The molecule has 2 aromatic heterocycles. The van der Waals surface area contributed by atoms with E-state index in [0.717, 1.165) is 37.9 Å². The fourth-order valence-electron chi connectivity index (χ4n) is 4.27. The average molecular weight is 471 g/mol. The zero-order valence-electron chi connectivity index (χ0n) is 19.0. The number of fused-ring (bicyclic) bond motifs is 1. The normalized spacial score (nSPS) is 16.5. The quantitative estimate of drug-likeness (QED) is 0.401. The van der Waals surface area contributed by atoms with Crippen LogP contribution in [0.15, 0.2) is 42.6 Å². The topological polar surface area (TPSA) is 87.0 Å². The number of ether oxygens (including phenoxy) is 2. The van der Waals surface area contributed by atoms with Gasteiger partial charge in [0.2, 0.25) is 0 Å². The number of tetrazole rings is 1. The van der Waals surface area contributed by atoms with Gasteiger partial charge in [0.25, 0.3) is 0 Å². The molecule has 2 unspecified atom stereocenters. The van der Waals surface area contributed by atoms with Crippen molar-refractivity contribution >= 4 is 11.6 Å². The minimum atomic E-state index is -0.267. The van der Waals surface area contributed by atoms with E-state index in [1.165, 1.54) is 17.5 Å². The molecule has 1 aliphatic carbocycles. The van der Waals surface area contributed by atoms with E-state index < -0.39 is 0 Å². The van der Waals surface area contributed by atoms with Crippen LogP contribution in [0.5, 0.6) is 0 Å². The number of hydrogen-bond donors (Lipinski definition) is 1. The van der Waals surface area contributed by atoms with E-state index in [1.807, 2.05) is 6.07 Å². The van der Waals surface area contributed by atoms with Gasteiger partial charge in [0.05, 0.1) is 11.8 Å². The molecule has 0 aliphatic heterocycles. The van der Waals surface area contributed by atoms with Gasteiger partial charge in [-0.15, -0.1) is 5.10 Å². The first kappa shape index (κ1) is 23.8. The highest BCUT2D eigenvalue weighted by Gasteiger charge is 2.23. The van der Waals surface area contributed by atoms with Crippen molar-refractivity contribution in [1.29, 1.82) is 0 Å². The lowest BCUT2D eigenvalue weighted by atomic mass is 9.89. The third kappa shape index (κ3) is 6.35. The Morgan fingerprint density at radius 3 is 3.00 bits per heavy atom. The van der Waals surface area contributed by atoms with Crippen LogP contribution >= 0.6 is 11.6 Å². The fraction of sp³-hybridized carbons (Fsp3) is 0.500. The van der Waals surface area contributed by atoms with Gasteiger partial charge in [0, 0.05) is 38.1 Å². The van der Waals surface area contributed by atoms with E-state index in [1.54, 1.807) is 24.1 Å². The Hall–Kier alpha value is -2.39. The first-order valence-corrected chi connectivity index (χ1v) is 11.9. The Balaban J connectivity index is 1.36. The van der Waals surface area contributed by atoms with Crippen molar-refractivity contribution in [2.45, 2.75) is 50.8 Å². The third-order valence-corrected chi connectivity index (χ3v) is 6.11. The molecule has 4 rings (SSSR count). The molecule has 33 heavy (non-hydrogen) atoms. The molecule has 2 heterocycles. The van der Waals surface area contributed by atoms with Gasteiger partial charge >= 0.3 is 0 Å². The molecular formula is C24H31ClN6O2. The number of nitrogens with zero attached hydrogens (tertiary/aromatic N) is 5. The summed E-state index contributed by atoms with van der Waals surface area (Å²) >= 11 is 6.24. The summed E-state index contributed by atoms with van der Waals surface area (Å²) in [6, 6.07) is 12.0. The lowest BCUT2D eigenvalue weighted by Crippen LogP contribution is -2.28. The maximum Gasteiger partial charge on any atom is 0.174 e. The summed E-state index contributed by atoms with van der Waals surface area (Å²) in [7, 11) is 1.69. The monoisotopic (exact) mass is 470 g/mol. The number of rotatable bonds is 12. The maximum absolute atomic E-state index is 6.26. The Labute approximate surface area is 199 Å². The summed E-state index contributed by atoms with van der Waals surface area (Å²) in [5.41, 5.74) is 3.54. The first-order valence-electron chi connectivity index (χ1n) is 11.6. The summed E-state index contributed by atoms with van der Waals surface area (Å²) in [6.45, 7) is 2.73. The Morgan fingerprint density at radius 2 is 2.12 bits per heavy atom. The number of benzene rings is 1. The minimum Gasteiger partial charge on any atom is -0.385 e. The molecular weight excluding hydrogens is 440 g/mol. The van der Waals surface area contributed by atoms with Crippen molar-refractivity contribution in [3.8, 4) is 0 Å². The predicted molar refractivity (Wildman–Crippen MR) is 126 cm³/mol. The van der Waals surface area contributed by atoms with E-state index in [4.69, 9.17) is 21.1 Å². The van der Waals surface area contributed by atoms with Gasteiger partial charge in [-0.05, 0) is 72.3 Å². The molecule has 0 saturated heterocycles. The Kier molecular flexibility index (Phi) is 8.77. The van der Waals surface area contributed by atoms with Crippen LogP contribution in [0.4, 0.5) is 0 Å². The van der Waals surface area contributed by atoms with Crippen LogP contribution in [-0.4, -0.2) is 52.1 Å². The maximum atomic E-state index is 6.26. The van der Waals surface area contributed by atoms with E-state index in [0.29, 0.717) is 30.6 Å². The van der Waals surface area contributed by atoms with E-state index in [9.17, 15) is 0 Å². The summed E-state index contributed by atoms with van der Waals surface area (Å²) in [4.78, 5) is 4.52. The van der Waals surface area contributed by atoms with Gasteiger partial charge in [-0.1, -0.05) is 35.9 Å². The van der Waals surface area contributed by atoms with Crippen LogP contribution in [0.1, 0.15) is 60.5 Å². The number of aryl methyl sites for hydroxylation is 2. The number of pyridine rings is 1. The molecule has 0 spiro atoms.